The molecule has 16 heavy (non-hydrogen) atoms. The van der Waals surface area contributed by atoms with E-state index in [4.69, 9.17) is 10.00 Å². The largest absolute Gasteiger partial charge is 0.381 e. The first-order valence-electron chi connectivity index (χ1n) is 6.02. The molecule has 1 aliphatic rings. The van der Waals surface area contributed by atoms with Gasteiger partial charge in [-0.15, -0.1) is 0 Å². The molecule has 4 nitrogen and oxygen atoms in total. The molecule has 1 N–H and O–H groups in total. The predicted octanol–water partition coefficient (Wildman–Crippen LogP) is 1.76. The summed E-state index contributed by atoms with van der Waals surface area (Å²) in [6, 6.07) is 2.24. The van der Waals surface area contributed by atoms with Crippen LogP contribution in [-0.4, -0.2) is 24.7 Å². The highest BCUT2D eigenvalue weighted by atomic mass is 16.5. The summed E-state index contributed by atoms with van der Waals surface area (Å²) in [6.07, 6.45) is 4.93. The molecule has 0 saturated heterocycles. The van der Waals surface area contributed by atoms with Crippen molar-refractivity contribution < 1.29 is 9.53 Å². The molecule has 0 aromatic heterocycles. The molecule has 0 spiro atoms. The molecule has 0 heterocycles. The van der Waals surface area contributed by atoms with E-state index >= 15 is 0 Å². The van der Waals surface area contributed by atoms with Gasteiger partial charge < -0.3 is 10.1 Å². The second kappa shape index (κ2) is 6.49. The van der Waals surface area contributed by atoms with Crippen LogP contribution >= 0.6 is 0 Å². The van der Waals surface area contributed by atoms with Crippen LogP contribution in [0, 0.1) is 11.3 Å². The number of hydrogen-bond donors (Lipinski definition) is 1. The van der Waals surface area contributed by atoms with Crippen LogP contribution in [0.3, 0.4) is 0 Å². The maximum Gasteiger partial charge on any atom is 0.223 e. The van der Waals surface area contributed by atoms with E-state index in [9.17, 15) is 4.79 Å². The fourth-order valence-electron chi connectivity index (χ4n) is 1.98. The Morgan fingerprint density at radius 1 is 1.44 bits per heavy atom. The highest BCUT2D eigenvalue weighted by Crippen LogP contribution is 2.28. The molecular weight excluding hydrogens is 204 g/mol. The lowest BCUT2D eigenvalue weighted by Gasteiger charge is -2.21. The predicted molar refractivity (Wildman–Crippen MR) is 60.7 cm³/mol. The van der Waals surface area contributed by atoms with Crippen LogP contribution < -0.4 is 5.32 Å². The molecule has 4 heteroatoms. The summed E-state index contributed by atoms with van der Waals surface area (Å²) in [6.45, 7) is 3.17. The first-order valence-corrected chi connectivity index (χ1v) is 6.02. The van der Waals surface area contributed by atoms with Gasteiger partial charge in [0.1, 0.15) is 5.54 Å². The Morgan fingerprint density at radius 3 is 2.69 bits per heavy atom. The van der Waals surface area contributed by atoms with Crippen molar-refractivity contribution in [3.8, 4) is 6.07 Å². The van der Waals surface area contributed by atoms with Gasteiger partial charge in [-0.05, 0) is 32.1 Å². The van der Waals surface area contributed by atoms with E-state index in [0.717, 1.165) is 32.1 Å². The number of ether oxygens (including phenoxy) is 1. The molecule has 0 atom stereocenters. The van der Waals surface area contributed by atoms with Gasteiger partial charge in [0.05, 0.1) is 19.1 Å². The number of hydrogen-bond acceptors (Lipinski definition) is 3. The number of nitrogens with one attached hydrogen (secondary N) is 1. The van der Waals surface area contributed by atoms with Crippen LogP contribution in [0.4, 0.5) is 0 Å². The van der Waals surface area contributed by atoms with Crippen LogP contribution in [0.15, 0.2) is 0 Å². The number of amides is 1. The third kappa shape index (κ3) is 3.82. The molecule has 0 unspecified atom stereocenters. The van der Waals surface area contributed by atoms with Gasteiger partial charge in [-0.3, -0.25) is 4.79 Å². The Morgan fingerprint density at radius 2 is 2.12 bits per heavy atom. The molecule has 90 valence electrons. The van der Waals surface area contributed by atoms with E-state index in [1.165, 1.54) is 0 Å². The highest BCUT2D eigenvalue weighted by molar-refractivity contribution is 5.77. The van der Waals surface area contributed by atoms with Gasteiger partial charge in [0, 0.05) is 6.61 Å². The summed E-state index contributed by atoms with van der Waals surface area (Å²) in [4.78, 5) is 11.6. The summed E-state index contributed by atoms with van der Waals surface area (Å²) in [5.41, 5.74) is -0.595. The molecule has 1 fully saturated rings. The normalized spacial score (nSPS) is 18.0. The van der Waals surface area contributed by atoms with E-state index in [-0.39, 0.29) is 5.91 Å². The van der Waals surface area contributed by atoms with Gasteiger partial charge in [-0.25, -0.2) is 0 Å². The molecular formula is C12H20N2O2. The average molecular weight is 224 g/mol. The van der Waals surface area contributed by atoms with Gasteiger partial charge in [0.2, 0.25) is 5.91 Å². The fraction of sp³-hybridized carbons (Fsp3) is 0.833. The highest BCUT2D eigenvalue weighted by Gasteiger charge is 2.34. The SMILES string of the molecule is CCCOCCC(=O)NC1(C#N)CCCC1. The molecule has 0 bridgehead atoms. The Kier molecular flexibility index (Phi) is 5.27. The number of carbonyl (C=O) groups is 1. The summed E-state index contributed by atoms with van der Waals surface area (Å²) in [7, 11) is 0. The standard InChI is InChI=1S/C12H20N2O2/c1-2-8-16-9-5-11(15)14-12(10-13)6-3-4-7-12/h2-9H2,1H3,(H,14,15). The Bertz CT molecular complexity index is 265. The van der Waals surface area contributed by atoms with Gasteiger partial charge in [-0.1, -0.05) is 6.92 Å². The Labute approximate surface area is 97.0 Å². The van der Waals surface area contributed by atoms with Crippen molar-refractivity contribution in [3.63, 3.8) is 0 Å². The van der Waals surface area contributed by atoms with Crippen molar-refractivity contribution >= 4 is 5.91 Å². The third-order valence-corrected chi connectivity index (χ3v) is 2.87. The number of nitrogens with zero attached hydrogens (tertiary/aromatic N) is 1. The van der Waals surface area contributed by atoms with Crippen molar-refractivity contribution in [2.24, 2.45) is 0 Å². The van der Waals surface area contributed by atoms with E-state index < -0.39 is 5.54 Å². The lowest BCUT2D eigenvalue weighted by molar-refractivity contribution is -0.123. The van der Waals surface area contributed by atoms with Crippen LogP contribution in [0.2, 0.25) is 0 Å². The molecule has 1 saturated carbocycles. The summed E-state index contributed by atoms with van der Waals surface area (Å²) in [5, 5.41) is 11.9. The van der Waals surface area contributed by atoms with Crippen molar-refractivity contribution in [2.75, 3.05) is 13.2 Å². The molecule has 0 radical (unpaired) electrons. The van der Waals surface area contributed by atoms with E-state index in [0.29, 0.717) is 19.6 Å². The van der Waals surface area contributed by atoms with Crippen LogP contribution in [0.25, 0.3) is 0 Å². The maximum absolute atomic E-state index is 11.6. The monoisotopic (exact) mass is 224 g/mol. The van der Waals surface area contributed by atoms with E-state index in [2.05, 4.69) is 11.4 Å². The molecule has 1 amide bonds. The lowest BCUT2D eigenvalue weighted by atomic mass is 10.00. The smallest absolute Gasteiger partial charge is 0.223 e. The minimum absolute atomic E-state index is 0.0699. The third-order valence-electron chi connectivity index (χ3n) is 2.87. The fourth-order valence-corrected chi connectivity index (χ4v) is 1.98. The summed E-state index contributed by atoms with van der Waals surface area (Å²) in [5.74, 6) is -0.0699. The molecule has 1 aliphatic carbocycles. The molecule has 0 aliphatic heterocycles. The number of nitriles is 1. The van der Waals surface area contributed by atoms with Crippen molar-refractivity contribution in [1.82, 2.24) is 5.32 Å². The Hall–Kier alpha value is -1.08. The molecule has 1 rings (SSSR count). The lowest BCUT2D eigenvalue weighted by Crippen LogP contribution is -2.45. The first-order chi connectivity index (χ1) is 7.72. The van der Waals surface area contributed by atoms with Crippen LogP contribution in [0.5, 0.6) is 0 Å². The van der Waals surface area contributed by atoms with Crippen molar-refractivity contribution in [2.45, 2.75) is 51.0 Å². The Balaban J connectivity index is 2.25. The summed E-state index contributed by atoms with van der Waals surface area (Å²) >= 11 is 0. The van der Waals surface area contributed by atoms with Crippen molar-refractivity contribution in [3.05, 3.63) is 0 Å². The van der Waals surface area contributed by atoms with Gasteiger partial charge >= 0.3 is 0 Å². The van der Waals surface area contributed by atoms with Gasteiger partial charge in [0.15, 0.2) is 0 Å². The maximum atomic E-state index is 11.6. The number of rotatable bonds is 6. The van der Waals surface area contributed by atoms with Crippen molar-refractivity contribution in [1.29, 1.82) is 5.26 Å². The zero-order valence-electron chi connectivity index (χ0n) is 9.92. The van der Waals surface area contributed by atoms with Gasteiger partial charge in [0.25, 0.3) is 0 Å². The van der Waals surface area contributed by atoms with Gasteiger partial charge in [-0.2, -0.15) is 5.26 Å². The minimum Gasteiger partial charge on any atom is -0.381 e. The second-order valence-corrected chi connectivity index (χ2v) is 4.31. The molecule has 0 aromatic rings. The quantitative estimate of drug-likeness (QED) is 0.699. The molecule has 0 aromatic carbocycles. The van der Waals surface area contributed by atoms with E-state index in [1.54, 1.807) is 0 Å². The number of carbonyl (C=O) groups excluding carboxylic acids is 1. The van der Waals surface area contributed by atoms with E-state index in [1.807, 2.05) is 6.92 Å². The van der Waals surface area contributed by atoms with Crippen LogP contribution in [-0.2, 0) is 9.53 Å². The average Bonchev–Trinajstić information content (AvgIpc) is 2.74. The first kappa shape index (κ1) is 13.0. The zero-order chi connectivity index (χ0) is 11.9. The zero-order valence-corrected chi connectivity index (χ0v) is 9.92. The van der Waals surface area contributed by atoms with Crippen LogP contribution in [0.1, 0.15) is 45.4 Å². The minimum atomic E-state index is -0.595. The second-order valence-electron chi connectivity index (χ2n) is 4.31. The topological polar surface area (TPSA) is 62.1 Å². The summed E-state index contributed by atoms with van der Waals surface area (Å²) < 4.78 is 5.24.